The van der Waals surface area contributed by atoms with Crippen LogP contribution in [0.5, 0.6) is 5.75 Å². The highest BCUT2D eigenvalue weighted by molar-refractivity contribution is 5.84. The number of hydrogen-bond acceptors (Lipinski definition) is 2. The van der Waals surface area contributed by atoms with E-state index >= 15 is 0 Å². The fraction of sp³-hybridized carbons (Fsp3) is 0.360. The zero-order valence-electron chi connectivity index (χ0n) is 16.4. The molecule has 3 aromatic carbocycles. The standard InChI is InChI=1S/C25H28O2/c1-4-17(2)20-9-10-22-16-23(13-11-21(22)15-20)26-18(3)27-25-14-12-19-7-5-6-8-24(19)25/h5-11,13,15-18,25H,4,12,14H2,1-3H3. The van der Waals surface area contributed by atoms with Crippen LogP contribution in [0.2, 0.25) is 0 Å². The van der Waals surface area contributed by atoms with E-state index in [-0.39, 0.29) is 12.4 Å². The van der Waals surface area contributed by atoms with Gasteiger partial charge in [-0.3, -0.25) is 0 Å². The molecule has 3 unspecified atom stereocenters. The first-order valence-corrected chi connectivity index (χ1v) is 10.1. The number of ether oxygens (including phenoxy) is 2. The van der Waals surface area contributed by atoms with Crippen molar-refractivity contribution in [1.29, 1.82) is 0 Å². The van der Waals surface area contributed by atoms with Gasteiger partial charge in [-0.15, -0.1) is 0 Å². The first-order chi connectivity index (χ1) is 13.1. The van der Waals surface area contributed by atoms with Crippen LogP contribution in [-0.2, 0) is 11.2 Å². The Bertz CT molecular complexity index is 931. The highest BCUT2D eigenvalue weighted by Gasteiger charge is 2.24. The fourth-order valence-corrected chi connectivity index (χ4v) is 3.97. The van der Waals surface area contributed by atoms with Crippen LogP contribution in [0.3, 0.4) is 0 Å². The van der Waals surface area contributed by atoms with E-state index in [1.165, 1.54) is 27.5 Å². The van der Waals surface area contributed by atoms with Crippen LogP contribution in [0, 0.1) is 0 Å². The molecular formula is C25H28O2. The van der Waals surface area contributed by atoms with Gasteiger partial charge < -0.3 is 9.47 Å². The summed E-state index contributed by atoms with van der Waals surface area (Å²) in [6.07, 6.45) is 3.13. The van der Waals surface area contributed by atoms with Crippen molar-refractivity contribution in [2.45, 2.75) is 58.3 Å². The second-order valence-corrected chi connectivity index (χ2v) is 7.63. The minimum atomic E-state index is -0.280. The van der Waals surface area contributed by atoms with E-state index in [4.69, 9.17) is 9.47 Å². The van der Waals surface area contributed by atoms with Gasteiger partial charge in [-0.25, -0.2) is 0 Å². The molecule has 27 heavy (non-hydrogen) atoms. The number of fused-ring (bicyclic) bond motifs is 2. The van der Waals surface area contributed by atoms with E-state index in [9.17, 15) is 0 Å². The van der Waals surface area contributed by atoms with Crippen molar-refractivity contribution < 1.29 is 9.47 Å². The molecule has 0 bridgehead atoms. The van der Waals surface area contributed by atoms with Crippen LogP contribution in [0.1, 0.15) is 62.3 Å². The molecular weight excluding hydrogens is 332 g/mol. The average molecular weight is 360 g/mol. The topological polar surface area (TPSA) is 18.5 Å². The summed E-state index contributed by atoms with van der Waals surface area (Å²) in [5.74, 6) is 1.45. The second-order valence-electron chi connectivity index (χ2n) is 7.63. The van der Waals surface area contributed by atoms with Crippen LogP contribution >= 0.6 is 0 Å². The van der Waals surface area contributed by atoms with Crippen LogP contribution in [0.25, 0.3) is 10.8 Å². The highest BCUT2D eigenvalue weighted by atomic mass is 16.7. The summed E-state index contributed by atoms with van der Waals surface area (Å²) in [6, 6.07) is 21.6. The summed E-state index contributed by atoms with van der Waals surface area (Å²) in [7, 11) is 0. The van der Waals surface area contributed by atoms with Crippen molar-refractivity contribution in [3.63, 3.8) is 0 Å². The maximum atomic E-state index is 6.20. The van der Waals surface area contributed by atoms with Crippen LogP contribution < -0.4 is 4.74 Å². The van der Waals surface area contributed by atoms with E-state index in [1.54, 1.807) is 0 Å². The minimum Gasteiger partial charge on any atom is -0.465 e. The van der Waals surface area contributed by atoms with Gasteiger partial charge in [0.05, 0.1) is 6.10 Å². The summed E-state index contributed by atoms with van der Waals surface area (Å²) in [5.41, 5.74) is 4.11. The molecule has 1 aliphatic carbocycles. The monoisotopic (exact) mass is 360 g/mol. The molecule has 1 aliphatic rings. The Morgan fingerprint density at radius 3 is 2.59 bits per heavy atom. The number of benzene rings is 3. The Morgan fingerprint density at radius 2 is 1.74 bits per heavy atom. The van der Waals surface area contributed by atoms with E-state index in [0.29, 0.717) is 5.92 Å². The molecule has 2 heteroatoms. The predicted molar refractivity (Wildman–Crippen MR) is 111 cm³/mol. The third-order valence-electron chi connectivity index (χ3n) is 5.75. The zero-order chi connectivity index (χ0) is 18.8. The second kappa shape index (κ2) is 7.74. The summed E-state index contributed by atoms with van der Waals surface area (Å²) < 4.78 is 12.3. The van der Waals surface area contributed by atoms with Crippen molar-refractivity contribution in [1.82, 2.24) is 0 Å². The Morgan fingerprint density at radius 1 is 0.963 bits per heavy atom. The highest BCUT2D eigenvalue weighted by Crippen LogP contribution is 2.35. The lowest BCUT2D eigenvalue weighted by Gasteiger charge is -2.21. The van der Waals surface area contributed by atoms with Gasteiger partial charge in [-0.1, -0.05) is 62.4 Å². The molecule has 0 N–H and O–H groups in total. The average Bonchev–Trinajstić information content (AvgIpc) is 3.09. The molecule has 0 radical (unpaired) electrons. The van der Waals surface area contributed by atoms with E-state index < -0.39 is 0 Å². The fourth-order valence-electron chi connectivity index (χ4n) is 3.97. The molecule has 4 rings (SSSR count). The van der Waals surface area contributed by atoms with Gasteiger partial charge in [0.1, 0.15) is 5.75 Å². The summed E-state index contributed by atoms with van der Waals surface area (Å²) in [4.78, 5) is 0. The van der Waals surface area contributed by atoms with Gasteiger partial charge in [-0.2, -0.15) is 0 Å². The van der Waals surface area contributed by atoms with Crippen molar-refractivity contribution in [2.75, 3.05) is 0 Å². The van der Waals surface area contributed by atoms with E-state index in [2.05, 4.69) is 68.4 Å². The normalized spacial score (nSPS) is 18.3. The zero-order valence-corrected chi connectivity index (χ0v) is 16.4. The minimum absolute atomic E-state index is 0.134. The van der Waals surface area contributed by atoms with Crippen molar-refractivity contribution in [3.05, 3.63) is 77.4 Å². The summed E-state index contributed by atoms with van der Waals surface area (Å²) in [6.45, 7) is 6.49. The van der Waals surface area contributed by atoms with Crippen LogP contribution in [-0.4, -0.2) is 6.29 Å². The van der Waals surface area contributed by atoms with Gasteiger partial charge >= 0.3 is 0 Å². The van der Waals surface area contributed by atoms with Crippen molar-refractivity contribution >= 4 is 10.8 Å². The molecule has 0 saturated carbocycles. The molecule has 3 aromatic rings. The summed E-state index contributed by atoms with van der Waals surface area (Å²) >= 11 is 0. The molecule has 0 spiro atoms. The van der Waals surface area contributed by atoms with Gasteiger partial charge in [0.15, 0.2) is 6.29 Å². The van der Waals surface area contributed by atoms with E-state index in [0.717, 1.165) is 25.0 Å². The van der Waals surface area contributed by atoms with Crippen LogP contribution in [0.4, 0.5) is 0 Å². The third kappa shape index (κ3) is 3.86. The predicted octanol–water partition coefficient (Wildman–Crippen LogP) is 6.78. The number of rotatable bonds is 6. The largest absolute Gasteiger partial charge is 0.465 e. The number of aryl methyl sites for hydroxylation is 1. The Balaban J connectivity index is 1.45. The molecule has 2 nitrogen and oxygen atoms in total. The first-order valence-electron chi connectivity index (χ1n) is 10.1. The molecule has 140 valence electrons. The van der Waals surface area contributed by atoms with Gasteiger partial charge in [0, 0.05) is 0 Å². The van der Waals surface area contributed by atoms with Gasteiger partial charge in [0.25, 0.3) is 0 Å². The lowest BCUT2D eigenvalue weighted by Crippen LogP contribution is -2.18. The molecule has 0 fully saturated rings. The van der Waals surface area contributed by atoms with Crippen molar-refractivity contribution in [2.24, 2.45) is 0 Å². The smallest absolute Gasteiger partial charge is 0.197 e. The Kier molecular flexibility index (Phi) is 5.18. The molecule has 0 saturated heterocycles. The molecule has 0 amide bonds. The van der Waals surface area contributed by atoms with E-state index in [1.807, 2.05) is 13.0 Å². The maximum absolute atomic E-state index is 6.20. The molecule has 0 aliphatic heterocycles. The maximum Gasteiger partial charge on any atom is 0.197 e. The molecule has 0 aromatic heterocycles. The molecule has 3 atom stereocenters. The SMILES string of the molecule is CCC(C)c1ccc2cc(OC(C)OC3CCc4ccccc43)ccc2c1. The molecule has 0 heterocycles. The summed E-state index contributed by atoms with van der Waals surface area (Å²) in [5, 5.41) is 2.47. The lowest BCUT2D eigenvalue weighted by atomic mass is 9.96. The van der Waals surface area contributed by atoms with Crippen molar-refractivity contribution in [3.8, 4) is 5.75 Å². The first kappa shape index (κ1) is 18.1. The quantitative estimate of drug-likeness (QED) is 0.451. The Hall–Kier alpha value is -2.32. The Labute approximate surface area is 162 Å². The van der Waals surface area contributed by atoms with Gasteiger partial charge in [0.2, 0.25) is 0 Å². The van der Waals surface area contributed by atoms with Gasteiger partial charge in [-0.05, 0) is 71.7 Å². The lowest BCUT2D eigenvalue weighted by molar-refractivity contribution is -0.108. The number of hydrogen-bond donors (Lipinski definition) is 0. The van der Waals surface area contributed by atoms with Crippen LogP contribution in [0.15, 0.2) is 60.7 Å². The third-order valence-corrected chi connectivity index (χ3v) is 5.75.